The molecule has 0 saturated heterocycles. The van der Waals surface area contributed by atoms with E-state index in [1.54, 1.807) is 26.0 Å². The first-order valence-electron chi connectivity index (χ1n) is 8.07. The van der Waals surface area contributed by atoms with Crippen molar-refractivity contribution in [1.29, 1.82) is 0 Å². The molecule has 2 rings (SSSR count). The van der Waals surface area contributed by atoms with E-state index in [2.05, 4.69) is 5.32 Å². The van der Waals surface area contributed by atoms with Gasteiger partial charge in [-0.15, -0.1) is 0 Å². The van der Waals surface area contributed by atoms with Crippen molar-refractivity contribution < 1.29 is 19.6 Å². The SMILES string of the molecule is Cc1ccc(C(C)NC(=O)C2CCCC(C(=O)O)C2)cc1[N+](=O)[O-]. The summed E-state index contributed by atoms with van der Waals surface area (Å²) in [6.45, 7) is 3.43. The number of hydrogen-bond donors (Lipinski definition) is 2. The van der Waals surface area contributed by atoms with Crippen molar-refractivity contribution in [3.8, 4) is 0 Å². The number of nitro groups is 1. The Hall–Kier alpha value is -2.44. The van der Waals surface area contributed by atoms with E-state index >= 15 is 0 Å². The third-order valence-electron chi connectivity index (χ3n) is 4.68. The van der Waals surface area contributed by atoms with Crippen LogP contribution in [0.5, 0.6) is 0 Å². The third kappa shape index (κ3) is 4.10. The molecule has 1 aliphatic carbocycles. The number of carbonyl (C=O) groups is 2. The molecule has 1 fully saturated rings. The van der Waals surface area contributed by atoms with Gasteiger partial charge in [-0.25, -0.2) is 0 Å². The van der Waals surface area contributed by atoms with Gasteiger partial charge in [0.2, 0.25) is 5.91 Å². The molecule has 1 aromatic rings. The van der Waals surface area contributed by atoms with Gasteiger partial charge in [0.25, 0.3) is 5.69 Å². The molecule has 0 aromatic heterocycles. The van der Waals surface area contributed by atoms with Gasteiger partial charge in [-0.1, -0.05) is 18.6 Å². The summed E-state index contributed by atoms with van der Waals surface area (Å²) in [5.74, 6) is -1.82. The zero-order valence-corrected chi connectivity index (χ0v) is 13.8. The Kier molecular flexibility index (Phi) is 5.54. The van der Waals surface area contributed by atoms with Gasteiger partial charge < -0.3 is 10.4 Å². The molecule has 1 aliphatic rings. The molecule has 0 heterocycles. The predicted octanol–water partition coefficient (Wildman–Crippen LogP) is 2.97. The minimum atomic E-state index is -0.852. The fourth-order valence-corrected chi connectivity index (χ4v) is 3.16. The maximum absolute atomic E-state index is 12.4. The van der Waals surface area contributed by atoms with Gasteiger partial charge in [-0.3, -0.25) is 19.7 Å². The lowest BCUT2D eigenvalue weighted by molar-refractivity contribution is -0.385. The average Bonchev–Trinajstić information content (AvgIpc) is 2.54. The molecule has 1 amide bonds. The summed E-state index contributed by atoms with van der Waals surface area (Å²) in [5, 5.41) is 23.0. The Labute approximate surface area is 140 Å². The number of rotatable bonds is 5. The van der Waals surface area contributed by atoms with Crippen molar-refractivity contribution in [1.82, 2.24) is 5.32 Å². The molecule has 130 valence electrons. The second-order valence-corrected chi connectivity index (χ2v) is 6.43. The second-order valence-electron chi connectivity index (χ2n) is 6.43. The summed E-state index contributed by atoms with van der Waals surface area (Å²) in [7, 11) is 0. The molecule has 2 N–H and O–H groups in total. The highest BCUT2D eigenvalue weighted by Gasteiger charge is 2.31. The van der Waals surface area contributed by atoms with E-state index in [1.165, 1.54) is 6.07 Å². The summed E-state index contributed by atoms with van der Waals surface area (Å²) in [6, 6.07) is 4.52. The smallest absolute Gasteiger partial charge is 0.306 e. The molecular formula is C17H22N2O5. The molecular weight excluding hydrogens is 312 g/mol. The van der Waals surface area contributed by atoms with Crippen LogP contribution in [-0.4, -0.2) is 21.9 Å². The van der Waals surface area contributed by atoms with Crippen LogP contribution in [0, 0.1) is 28.9 Å². The van der Waals surface area contributed by atoms with Gasteiger partial charge >= 0.3 is 5.97 Å². The number of amides is 1. The summed E-state index contributed by atoms with van der Waals surface area (Å²) in [6.07, 6.45) is 2.36. The van der Waals surface area contributed by atoms with Crippen molar-refractivity contribution in [3.63, 3.8) is 0 Å². The van der Waals surface area contributed by atoms with Crippen LogP contribution in [0.1, 0.15) is 49.8 Å². The van der Waals surface area contributed by atoms with E-state index in [1.807, 2.05) is 0 Å². The molecule has 7 heteroatoms. The number of nitrogens with zero attached hydrogens (tertiary/aromatic N) is 1. The summed E-state index contributed by atoms with van der Waals surface area (Å²) >= 11 is 0. The Morgan fingerprint density at radius 3 is 2.62 bits per heavy atom. The van der Waals surface area contributed by atoms with E-state index < -0.39 is 16.8 Å². The average molecular weight is 334 g/mol. The van der Waals surface area contributed by atoms with Crippen molar-refractivity contribution in [2.45, 2.75) is 45.6 Å². The normalized spacial score (nSPS) is 21.8. The molecule has 7 nitrogen and oxygen atoms in total. The molecule has 1 saturated carbocycles. The number of nitro benzene ring substituents is 1. The van der Waals surface area contributed by atoms with Gasteiger partial charge in [-0.05, 0) is 38.7 Å². The zero-order chi connectivity index (χ0) is 17.9. The van der Waals surface area contributed by atoms with Gasteiger partial charge in [0.1, 0.15) is 0 Å². The molecule has 0 spiro atoms. The van der Waals surface area contributed by atoms with Crippen LogP contribution in [0.4, 0.5) is 5.69 Å². The van der Waals surface area contributed by atoms with Crippen LogP contribution in [0.25, 0.3) is 0 Å². The van der Waals surface area contributed by atoms with E-state index in [-0.39, 0.29) is 23.6 Å². The molecule has 3 atom stereocenters. The van der Waals surface area contributed by atoms with Crippen LogP contribution >= 0.6 is 0 Å². The fourth-order valence-electron chi connectivity index (χ4n) is 3.16. The standard InChI is InChI=1S/C17H22N2O5/c1-10-6-7-12(9-15(10)19(23)24)11(2)18-16(20)13-4-3-5-14(8-13)17(21)22/h6-7,9,11,13-14H,3-5,8H2,1-2H3,(H,18,20)(H,21,22). The third-order valence-corrected chi connectivity index (χ3v) is 4.68. The molecule has 1 aromatic carbocycles. The van der Waals surface area contributed by atoms with Crippen LogP contribution < -0.4 is 5.32 Å². The van der Waals surface area contributed by atoms with Crippen LogP contribution in [0.3, 0.4) is 0 Å². The van der Waals surface area contributed by atoms with Crippen molar-refractivity contribution in [2.75, 3.05) is 0 Å². The molecule has 3 unspecified atom stereocenters. The quantitative estimate of drug-likeness (QED) is 0.635. The van der Waals surface area contributed by atoms with E-state index in [9.17, 15) is 19.7 Å². The predicted molar refractivity (Wildman–Crippen MR) is 87.5 cm³/mol. The number of aryl methyl sites for hydroxylation is 1. The Balaban J connectivity index is 2.05. The number of carboxylic acids is 1. The first-order valence-corrected chi connectivity index (χ1v) is 8.07. The fraction of sp³-hybridized carbons (Fsp3) is 0.529. The minimum absolute atomic E-state index is 0.0252. The van der Waals surface area contributed by atoms with Crippen LogP contribution in [-0.2, 0) is 9.59 Å². The molecule has 24 heavy (non-hydrogen) atoms. The van der Waals surface area contributed by atoms with Gasteiger partial charge in [-0.2, -0.15) is 0 Å². The van der Waals surface area contributed by atoms with Crippen molar-refractivity contribution in [2.24, 2.45) is 11.8 Å². The van der Waals surface area contributed by atoms with E-state index in [0.717, 1.165) is 6.42 Å². The minimum Gasteiger partial charge on any atom is -0.481 e. The lowest BCUT2D eigenvalue weighted by Crippen LogP contribution is -2.36. The highest BCUT2D eigenvalue weighted by atomic mass is 16.6. The van der Waals surface area contributed by atoms with Gasteiger partial charge in [0.05, 0.1) is 16.9 Å². The van der Waals surface area contributed by atoms with Crippen LogP contribution in [0.2, 0.25) is 0 Å². The molecule has 0 radical (unpaired) electrons. The Morgan fingerprint density at radius 2 is 2.00 bits per heavy atom. The first kappa shape index (κ1) is 17.9. The van der Waals surface area contributed by atoms with Crippen molar-refractivity contribution >= 4 is 17.6 Å². The number of aliphatic carboxylic acids is 1. The van der Waals surface area contributed by atoms with E-state index in [0.29, 0.717) is 30.4 Å². The van der Waals surface area contributed by atoms with Gasteiger partial charge in [0.15, 0.2) is 0 Å². The van der Waals surface area contributed by atoms with E-state index in [4.69, 9.17) is 5.11 Å². The monoisotopic (exact) mass is 334 g/mol. The van der Waals surface area contributed by atoms with Crippen LogP contribution in [0.15, 0.2) is 18.2 Å². The molecule has 0 bridgehead atoms. The maximum Gasteiger partial charge on any atom is 0.306 e. The molecule has 0 aliphatic heterocycles. The number of carboxylic acid groups (broad SMARTS) is 1. The summed E-state index contributed by atoms with van der Waals surface area (Å²) in [5.41, 5.74) is 1.25. The number of hydrogen-bond acceptors (Lipinski definition) is 4. The Morgan fingerprint density at radius 1 is 1.33 bits per heavy atom. The second kappa shape index (κ2) is 7.42. The maximum atomic E-state index is 12.4. The van der Waals surface area contributed by atoms with Crippen molar-refractivity contribution in [3.05, 3.63) is 39.4 Å². The topological polar surface area (TPSA) is 110 Å². The lowest BCUT2D eigenvalue weighted by Gasteiger charge is -2.27. The number of benzene rings is 1. The summed E-state index contributed by atoms with van der Waals surface area (Å²) in [4.78, 5) is 34.1. The van der Waals surface area contributed by atoms with Gasteiger partial charge in [0, 0.05) is 17.5 Å². The Bertz CT molecular complexity index is 658. The number of nitrogens with one attached hydrogen (secondary N) is 1. The highest BCUT2D eigenvalue weighted by Crippen LogP contribution is 2.30. The first-order chi connectivity index (χ1) is 11.3. The lowest BCUT2D eigenvalue weighted by atomic mass is 9.81. The zero-order valence-electron chi connectivity index (χ0n) is 13.8. The summed E-state index contributed by atoms with van der Waals surface area (Å²) < 4.78 is 0. The number of carbonyl (C=O) groups excluding carboxylic acids is 1. The highest BCUT2D eigenvalue weighted by molar-refractivity contribution is 5.80. The largest absolute Gasteiger partial charge is 0.481 e.